The van der Waals surface area contributed by atoms with Crippen molar-refractivity contribution in [3.63, 3.8) is 0 Å². The SMILES string of the molecule is FC(F)(F)C(=CC=Cc1ccccc1)c1ccccc1. The van der Waals surface area contributed by atoms with E-state index in [2.05, 4.69) is 0 Å². The van der Waals surface area contributed by atoms with Gasteiger partial charge in [-0.3, -0.25) is 0 Å². The molecule has 0 bridgehead atoms. The third-order valence-electron chi connectivity index (χ3n) is 2.74. The monoisotopic (exact) mass is 274 g/mol. The van der Waals surface area contributed by atoms with Gasteiger partial charge in [-0.2, -0.15) is 13.2 Å². The van der Waals surface area contributed by atoms with E-state index in [1.165, 1.54) is 18.2 Å². The predicted octanol–water partition coefficient (Wildman–Crippen LogP) is 5.35. The van der Waals surface area contributed by atoms with E-state index < -0.39 is 11.7 Å². The lowest BCUT2D eigenvalue weighted by Crippen LogP contribution is -2.10. The molecule has 0 N–H and O–H groups in total. The number of hydrogen-bond donors (Lipinski definition) is 0. The first kappa shape index (κ1) is 14.1. The Bertz CT molecular complexity index is 593. The average molecular weight is 274 g/mol. The molecule has 0 radical (unpaired) electrons. The maximum Gasteiger partial charge on any atom is 0.416 e. The van der Waals surface area contributed by atoms with Crippen molar-refractivity contribution in [3.05, 3.63) is 83.9 Å². The molecule has 0 nitrogen and oxygen atoms in total. The van der Waals surface area contributed by atoms with Crippen molar-refractivity contribution in [2.75, 3.05) is 0 Å². The van der Waals surface area contributed by atoms with Crippen molar-refractivity contribution in [1.82, 2.24) is 0 Å². The lowest BCUT2D eigenvalue weighted by atomic mass is 10.0. The van der Waals surface area contributed by atoms with Crippen LogP contribution in [0.2, 0.25) is 0 Å². The molecule has 0 aliphatic rings. The molecule has 0 amide bonds. The minimum absolute atomic E-state index is 0.165. The van der Waals surface area contributed by atoms with Gasteiger partial charge >= 0.3 is 6.18 Å². The van der Waals surface area contributed by atoms with E-state index in [0.717, 1.165) is 11.6 Å². The van der Waals surface area contributed by atoms with Crippen LogP contribution in [-0.2, 0) is 0 Å². The summed E-state index contributed by atoms with van der Waals surface area (Å²) in [5.74, 6) is 0. The molecule has 2 aromatic carbocycles. The van der Waals surface area contributed by atoms with Crippen molar-refractivity contribution in [2.45, 2.75) is 6.18 Å². The standard InChI is InChI=1S/C17H13F3/c18-17(19,20)16(15-11-5-2-6-12-15)13-7-10-14-8-3-1-4-9-14/h1-13H. The van der Waals surface area contributed by atoms with E-state index >= 15 is 0 Å². The Balaban J connectivity index is 2.29. The Labute approximate surface area is 115 Å². The van der Waals surface area contributed by atoms with Crippen molar-refractivity contribution < 1.29 is 13.2 Å². The maximum atomic E-state index is 13.0. The van der Waals surface area contributed by atoms with Gasteiger partial charge in [0.15, 0.2) is 0 Å². The summed E-state index contributed by atoms with van der Waals surface area (Å²) >= 11 is 0. The smallest absolute Gasteiger partial charge is 0.166 e. The fourth-order valence-corrected chi connectivity index (χ4v) is 1.79. The van der Waals surface area contributed by atoms with Gasteiger partial charge in [0.1, 0.15) is 0 Å². The third-order valence-corrected chi connectivity index (χ3v) is 2.74. The van der Waals surface area contributed by atoms with E-state index in [-0.39, 0.29) is 5.56 Å². The fraction of sp³-hybridized carbons (Fsp3) is 0.0588. The molecule has 3 heteroatoms. The molecule has 0 saturated heterocycles. The summed E-state index contributed by atoms with van der Waals surface area (Å²) in [4.78, 5) is 0. The summed E-state index contributed by atoms with van der Waals surface area (Å²) in [5, 5.41) is 0. The first-order valence-corrected chi connectivity index (χ1v) is 6.13. The zero-order valence-corrected chi connectivity index (χ0v) is 10.6. The van der Waals surface area contributed by atoms with Gasteiger partial charge in [0.25, 0.3) is 0 Å². The Hall–Kier alpha value is -2.29. The van der Waals surface area contributed by atoms with Crippen molar-refractivity contribution in [1.29, 1.82) is 0 Å². The highest BCUT2D eigenvalue weighted by molar-refractivity contribution is 5.72. The lowest BCUT2D eigenvalue weighted by molar-refractivity contribution is -0.0688. The second-order valence-electron chi connectivity index (χ2n) is 4.21. The normalized spacial score (nSPS) is 12.8. The van der Waals surface area contributed by atoms with Gasteiger partial charge in [0, 0.05) is 0 Å². The molecule has 0 saturated carbocycles. The minimum Gasteiger partial charge on any atom is -0.166 e. The van der Waals surface area contributed by atoms with Gasteiger partial charge in [0.2, 0.25) is 0 Å². The van der Waals surface area contributed by atoms with Crippen molar-refractivity contribution in [3.8, 4) is 0 Å². The Morgan fingerprint density at radius 3 is 1.90 bits per heavy atom. The summed E-state index contributed by atoms with van der Waals surface area (Å²) in [7, 11) is 0. The van der Waals surface area contributed by atoms with Gasteiger partial charge in [-0.25, -0.2) is 0 Å². The molecule has 20 heavy (non-hydrogen) atoms. The quantitative estimate of drug-likeness (QED) is 0.662. The number of benzene rings is 2. The Morgan fingerprint density at radius 2 is 1.35 bits per heavy atom. The highest BCUT2D eigenvalue weighted by atomic mass is 19.4. The van der Waals surface area contributed by atoms with Gasteiger partial charge in [0.05, 0.1) is 5.57 Å². The molecule has 0 aliphatic heterocycles. The van der Waals surface area contributed by atoms with Crippen LogP contribution in [-0.4, -0.2) is 6.18 Å². The maximum absolute atomic E-state index is 13.0. The first-order valence-electron chi connectivity index (χ1n) is 6.13. The molecule has 0 aromatic heterocycles. The number of rotatable bonds is 3. The van der Waals surface area contributed by atoms with E-state index in [9.17, 15) is 13.2 Å². The average Bonchev–Trinajstić information content (AvgIpc) is 2.44. The zero-order chi connectivity index (χ0) is 14.4. The number of halogens is 3. The van der Waals surface area contributed by atoms with Crippen LogP contribution in [0.5, 0.6) is 0 Å². The second-order valence-corrected chi connectivity index (χ2v) is 4.21. The third kappa shape index (κ3) is 3.85. The van der Waals surface area contributed by atoms with Crippen LogP contribution in [0.3, 0.4) is 0 Å². The van der Waals surface area contributed by atoms with E-state index in [1.54, 1.807) is 24.3 Å². The summed E-state index contributed by atoms with van der Waals surface area (Å²) in [6, 6.07) is 17.0. The highest BCUT2D eigenvalue weighted by Gasteiger charge is 2.33. The Kier molecular flexibility index (Phi) is 4.41. The van der Waals surface area contributed by atoms with Gasteiger partial charge in [-0.05, 0) is 17.2 Å². The molecular formula is C17H13F3. The molecule has 0 unspecified atom stereocenters. The van der Waals surface area contributed by atoms with E-state index in [1.807, 2.05) is 30.3 Å². The lowest BCUT2D eigenvalue weighted by Gasteiger charge is -2.11. The molecular weight excluding hydrogens is 261 g/mol. The van der Waals surface area contributed by atoms with Crippen LogP contribution in [0, 0.1) is 0 Å². The van der Waals surface area contributed by atoms with Crippen molar-refractivity contribution >= 4 is 11.6 Å². The molecule has 0 fully saturated rings. The number of allylic oxidation sites excluding steroid dienone is 3. The van der Waals surface area contributed by atoms with Crippen LogP contribution < -0.4 is 0 Å². The molecule has 2 rings (SSSR count). The van der Waals surface area contributed by atoms with E-state index in [4.69, 9.17) is 0 Å². The molecule has 0 atom stereocenters. The number of alkyl halides is 3. The van der Waals surface area contributed by atoms with E-state index in [0.29, 0.717) is 0 Å². The van der Waals surface area contributed by atoms with Gasteiger partial charge < -0.3 is 0 Å². The second kappa shape index (κ2) is 6.24. The van der Waals surface area contributed by atoms with Crippen LogP contribution in [0.15, 0.2) is 72.8 Å². The van der Waals surface area contributed by atoms with Crippen LogP contribution in [0.1, 0.15) is 11.1 Å². The molecule has 0 spiro atoms. The molecule has 0 aliphatic carbocycles. The first-order chi connectivity index (χ1) is 9.57. The van der Waals surface area contributed by atoms with Crippen LogP contribution in [0.25, 0.3) is 11.6 Å². The molecule has 2 aromatic rings. The van der Waals surface area contributed by atoms with Crippen LogP contribution in [0.4, 0.5) is 13.2 Å². The fourth-order valence-electron chi connectivity index (χ4n) is 1.79. The Morgan fingerprint density at radius 1 is 0.800 bits per heavy atom. The topological polar surface area (TPSA) is 0 Å². The van der Waals surface area contributed by atoms with Crippen LogP contribution >= 0.6 is 0 Å². The van der Waals surface area contributed by atoms with Crippen molar-refractivity contribution in [2.24, 2.45) is 0 Å². The summed E-state index contributed by atoms with van der Waals surface area (Å²) in [6.07, 6.45) is -0.204. The zero-order valence-electron chi connectivity index (χ0n) is 10.6. The largest absolute Gasteiger partial charge is 0.416 e. The number of hydrogen-bond acceptors (Lipinski definition) is 0. The molecule has 0 heterocycles. The van der Waals surface area contributed by atoms with Gasteiger partial charge in [-0.1, -0.05) is 72.8 Å². The van der Waals surface area contributed by atoms with Gasteiger partial charge in [-0.15, -0.1) is 0 Å². The summed E-state index contributed by atoms with van der Waals surface area (Å²) < 4.78 is 39.1. The summed E-state index contributed by atoms with van der Waals surface area (Å²) in [6.45, 7) is 0. The predicted molar refractivity (Wildman–Crippen MR) is 76.0 cm³/mol. The summed E-state index contributed by atoms with van der Waals surface area (Å²) in [5.41, 5.74) is 0.376. The highest BCUT2D eigenvalue weighted by Crippen LogP contribution is 2.33. The molecule has 102 valence electrons. The minimum atomic E-state index is -4.37.